The van der Waals surface area contributed by atoms with Gasteiger partial charge in [0, 0.05) is 12.0 Å². The average molecular weight is 366 g/mol. The molecule has 0 radical (unpaired) electrons. The van der Waals surface area contributed by atoms with Crippen LogP contribution in [-0.2, 0) is 0 Å². The van der Waals surface area contributed by atoms with Gasteiger partial charge in [-0.15, -0.1) is 0 Å². The summed E-state index contributed by atoms with van der Waals surface area (Å²) in [6.07, 6.45) is -2.71. The molecule has 0 saturated carbocycles. The van der Waals surface area contributed by atoms with Crippen molar-refractivity contribution in [1.29, 1.82) is 0 Å². The number of alkyl halides is 3. The summed E-state index contributed by atoms with van der Waals surface area (Å²) < 4.78 is 44.2. The second-order valence-electron chi connectivity index (χ2n) is 6.40. The van der Waals surface area contributed by atoms with Crippen molar-refractivity contribution < 1.29 is 17.9 Å². The molecule has 1 saturated heterocycles. The number of nitrogens with zero attached hydrogens (tertiary/aromatic N) is 2. The number of nitrogens with one attached hydrogen (secondary N) is 2. The minimum absolute atomic E-state index is 0.0490. The third kappa shape index (κ3) is 3.14. The molecule has 9 heteroatoms. The molecule has 0 spiro atoms. The molecule has 0 amide bonds. The smallest absolute Gasteiger partial charge is 0.422 e. The molecular weight excluding hydrogens is 349 g/mol. The average Bonchev–Trinajstić information content (AvgIpc) is 2.98. The minimum atomic E-state index is -4.45. The zero-order valence-corrected chi connectivity index (χ0v) is 13.8. The van der Waals surface area contributed by atoms with Crippen LogP contribution in [0.1, 0.15) is 24.5 Å². The quantitative estimate of drug-likeness (QED) is 0.748. The van der Waals surface area contributed by atoms with Gasteiger partial charge < -0.3 is 15.0 Å². The van der Waals surface area contributed by atoms with Crippen molar-refractivity contribution >= 4 is 16.6 Å². The van der Waals surface area contributed by atoms with Crippen molar-refractivity contribution in [2.45, 2.75) is 24.9 Å². The molecule has 0 atom stereocenters. The highest BCUT2D eigenvalue weighted by atomic mass is 19.4. The molecular formula is C17H17F3N4O2. The Morgan fingerprint density at radius 2 is 2.04 bits per heavy atom. The van der Waals surface area contributed by atoms with E-state index in [1.807, 2.05) is 0 Å². The molecule has 1 aliphatic rings. The van der Waals surface area contributed by atoms with Crippen LogP contribution in [0.2, 0.25) is 0 Å². The summed E-state index contributed by atoms with van der Waals surface area (Å²) in [4.78, 5) is 14.9. The molecule has 1 fully saturated rings. The van der Waals surface area contributed by atoms with E-state index in [1.165, 1.54) is 12.1 Å². The third-order valence-corrected chi connectivity index (χ3v) is 4.57. The first-order chi connectivity index (χ1) is 12.4. The molecule has 3 aromatic rings. The van der Waals surface area contributed by atoms with Gasteiger partial charge in [0.2, 0.25) is 0 Å². The SMILES string of the molecule is O=c1cc(C2CCNCC2)n2nc3cccc(OCC(F)(F)F)c3c2[nH]1. The van der Waals surface area contributed by atoms with Gasteiger partial charge in [-0.3, -0.25) is 4.79 Å². The topological polar surface area (TPSA) is 71.4 Å². The van der Waals surface area contributed by atoms with Crippen LogP contribution in [0.4, 0.5) is 13.2 Å². The van der Waals surface area contributed by atoms with Gasteiger partial charge in [0.05, 0.1) is 16.6 Å². The number of ether oxygens (including phenoxy) is 1. The standard InChI is InChI=1S/C17H17F3N4O2/c18-17(19,20)9-26-13-3-1-2-11-15(13)16-22-14(25)8-12(24(16)23-11)10-4-6-21-7-5-10/h1-3,8,10,21H,4-7,9H2,(H,22,25). The van der Waals surface area contributed by atoms with E-state index in [0.29, 0.717) is 16.6 Å². The van der Waals surface area contributed by atoms with Crippen molar-refractivity contribution in [2.24, 2.45) is 0 Å². The van der Waals surface area contributed by atoms with Crippen LogP contribution in [0, 0.1) is 0 Å². The fraction of sp³-hybridized carbons (Fsp3) is 0.412. The lowest BCUT2D eigenvalue weighted by molar-refractivity contribution is -0.153. The van der Waals surface area contributed by atoms with Crippen LogP contribution in [0.3, 0.4) is 0 Å². The Kier molecular flexibility index (Phi) is 4.10. The molecule has 0 bridgehead atoms. The number of H-pyrrole nitrogens is 1. The molecule has 138 valence electrons. The van der Waals surface area contributed by atoms with Crippen LogP contribution in [0.15, 0.2) is 29.1 Å². The lowest BCUT2D eigenvalue weighted by Crippen LogP contribution is -2.28. The molecule has 1 aromatic carbocycles. The first-order valence-electron chi connectivity index (χ1n) is 8.37. The highest BCUT2D eigenvalue weighted by Crippen LogP contribution is 2.32. The predicted octanol–water partition coefficient (Wildman–Crippen LogP) is 2.58. The van der Waals surface area contributed by atoms with Gasteiger partial charge in [0.15, 0.2) is 6.61 Å². The van der Waals surface area contributed by atoms with Gasteiger partial charge >= 0.3 is 6.18 Å². The van der Waals surface area contributed by atoms with Gasteiger partial charge in [0.25, 0.3) is 5.56 Å². The normalized spacial score (nSPS) is 16.4. The summed E-state index contributed by atoms with van der Waals surface area (Å²) in [6.45, 7) is 0.293. The number of halogens is 3. The van der Waals surface area contributed by atoms with Crippen molar-refractivity contribution in [3.63, 3.8) is 0 Å². The fourth-order valence-corrected chi connectivity index (χ4v) is 3.44. The van der Waals surface area contributed by atoms with E-state index in [0.717, 1.165) is 31.6 Å². The van der Waals surface area contributed by atoms with E-state index in [2.05, 4.69) is 15.4 Å². The maximum atomic E-state index is 12.5. The van der Waals surface area contributed by atoms with Crippen LogP contribution >= 0.6 is 0 Å². The molecule has 0 aliphatic carbocycles. The number of aromatic amines is 1. The number of hydrogen-bond acceptors (Lipinski definition) is 4. The van der Waals surface area contributed by atoms with Crippen LogP contribution < -0.4 is 15.6 Å². The number of rotatable bonds is 3. The van der Waals surface area contributed by atoms with Crippen LogP contribution in [0.25, 0.3) is 16.6 Å². The largest absolute Gasteiger partial charge is 0.483 e. The summed E-state index contributed by atoms with van der Waals surface area (Å²) >= 11 is 0. The second kappa shape index (κ2) is 6.31. The maximum absolute atomic E-state index is 12.5. The highest BCUT2D eigenvalue weighted by molar-refractivity contribution is 5.97. The van der Waals surface area contributed by atoms with Gasteiger partial charge in [-0.1, -0.05) is 6.07 Å². The Hall–Kier alpha value is -2.55. The number of aromatic nitrogens is 3. The zero-order valence-electron chi connectivity index (χ0n) is 13.8. The van der Waals surface area contributed by atoms with Crippen molar-refractivity contribution in [2.75, 3.05) is 19.7 Å². The molecule has 6 nitrogen and oxygen atoms in total. The van der Waals surface area contributed by atoms with E-state index in [-0.39, 0.29) is 17.2 Å². The molecule has 2 N–H and O–H groups in total. The monoisotopic (exact) mass is 366 g/mol. The van der Waals surface area contributed by atoms with E-state index < -0.39 is 12.8 Å². The lowest BCUT2D eigenvalue weighted by atomic mass is 9.94. The van der Waals surface area contributed by atoms with E-state index in [1.54, 1.807) is 16.6 Å². The number of benzene rings is 1. The predicted molar refractivity (Wildman–Crippen MR) is 89.7 cm³/mol. The maximum Gasteiger partial charge on any atom is 0.422 e. The van der Waals surface area contributed by atoms with Gasteiger partial charge in [-0.25, -0.2) is 4.52 Å². The van der Waals surface area contributed by atoms with E-state index in [4.69, 9.17) is 4.74 Å². The Morgan fingerprint density at radius 3 is 2.77 bits per heavy atom. The summed E-state index contributed by atoms with van der Waals surface area (Å²) in [6, 6.07) is 6.24. The minimum Gasteiger partial charge on any atom is -0.483 e. The first kappa shape index (κ1) is 16.9. The van der Waals surface area contributed by atoms with Gasteiger partial charge in [-0.05, 0) is 38.1 Å². The Bertz CT molecular complexity index is 1000. The summed E-state index contributed by atoms with van der Waals surface area (Å²) in [7, 11) is 0. The highest BCUT2D eigenvalue weighted by Gasteiger charge is 2.29. The van der Waals surface area contributed by atoms with E-state index in [9.17, 15) is 18.0 Å². The molecule has 3 heterocycles. The summed E-state index contributed by atoms with van der Waals surface area (Å²) in [5.41, 5.74) is 1.29. The molecule has 26 heavy (non-hydrogen) atoms. The van der Waals surface area contributed by atoms with E-state index >= 15 is 0 Å². The van der Waals surface area contributed by atoms with Crippen LogP contribution in [-0.4, -0.2) is 40.5 Å². The van der Waals surface area contributed by atoms with Crippen molar-refractivity contribution in [3.8, 4) is 5.75 Å². The third-order valence-electron chi connectivity index (χ3n) is 4.57. The molecule has 1 aliphatic heterocycles. The Balaban J connectivity index is 1.88. The second-order valence-corrected chi connectivity index (χ2v) is 6.40. The number of piperidine rings is 1. The summed E-state index contributed by atoms with van der Waals surface area (Å²) in [5.74, 6) is 0.211. The molecule has 2 aromatic heterocycles. The summed E-state index contributed by atoms with van der Waals surface area (Å²) in [5, 5.41) is 8.15. The molecule has 4 rings (SSSR count). The Labute approximate surface area is 146 Å². The van der Waals surface area contributed by atoms with Crippen LogP contribution in [0.5, 0.6) is 5.75 Å². The number of fused-ring (bicyclic) bond motifs is 3. The number of hydrogen-bond donors (Lipinski definition) is 2. The zero-order chi connectivity index (χ0) is 18.3. The van der Waals surface area contributed by atoms with Gasteiger partial charge in [0.1, 0.15) is 11.4 Å². The fourth-order valence-electron chi connectivity index (χ4n) is 3.44. The first-order valence-corrected chi connectivity index (χ1v) is 8.37. The van der Waals surface area contributed by atoms with Crippen molar-refractivity contribution in [3.05, 3.63) is 40.3 Å². The Morgan fingerprint density at radius 1 is 1.27 bits per heavy atom. The van der Waals surface area contributed by atoms with Gasteiger partial charge in [-0.2, -0.15) is 18.3 Å². The molecule has 0 unspecified atom stereocenters. The lowest BCUT2D eigenvalue weighted by Gasteiger charge is -2.23. The van der Waals surface area contributed by atoms with Crippen molar-refractivity contribution in [1.82, 2.24) is 19.9 Å².